The van der Waals surface area contributed by atoms with Gasteiger partial charge in [-0.05, 0) is 41.0 Å². The number of halogens is 3. The van der Waals surface area contributed by atoms with Gasteiger partial charge in [-0.2, -0.15) is 0 Å². The first-order chi connectivity index (χ1) is 13.3. The maximum atomic E-state index is 10.6. The zero-order chi connectivity index (χ0) is 20.3. The van der Waals surface area contributed by atoms with Crippen molar-refractivity contribution in [3.05, 3.63) is 80.8 Å². The molecule has 0 saturated heterocycles. The molecule has 0 aromatic heterocycles. The van der Waals surface area contributed by atoms with Crippen molar-refractivity contribution in [2.75, 3.05) is 6.61 Å². The van der Waals surface area contributed by atoms with Crippen LogP contribution in [0.1, 0.15) is 11.1 Å². The van der Waals surface area contributed by atoms with Crippen LogP contribution in [0.4, 0.5) is 0 Å². The molecule has 0 aliphatic rings. The highest BCUT2D eigenvalue weighted by molar-refractivity contribution is 6.36. The number of carboxylic acids is 1. The lowest BCUT2D eigenvalue weighted by Gasteiger charge is -2.14. The Balaban J connectivity index is 1.94. The summed E-state index contributed by atoms with van der Waals surface area (Å²) in [7, 11) is 0. The summed E-state index contributed by atoms with van der Waals surface area (Å²) in [5.41, 5.74) is 2.86. The topological polar surface area (TPSA) is 66.8 Å². The maximum absolute atomic E-state index is 10.6. The number of ether oxygens (including phenoxy) is 1. The molecule has 3 rings (SSSR count). The Morgan fingerprint density at radius 2 is 1.57 bits per heavy atom. The number of hydrogen-bond acceptors (Lipinski definition) is 3. The fraction of sp³-hybridized carbons (Fsp3) is 0.0952. The monoisotopic (exact) mass is 436 g/mol. The third kappa shape index (κ3) is 4.71. The van der Waals surface area contributed by atoms with Gasteiger partial charge >= 0.3 is 5.97 Å². The Morgan fingerprint density at radius 3 is 2.18 bits per heavy atom. The molecule has 3 aromatic carbocycles. The molecule has 0 aliphatic heterocycles. The van der Waals surface area contributed by atoms with Crippen molar-refractivity contribution in [2.45, 2.75) is 6.42 Å². The third-order valence-corrected chi connectivity index (χ3v) is 5.12. The van der Waals surface area contributed by atoms with E-state index in [0.717, 1.165) is 11.1 Å². The predicted molar refractivity (Wildman–Crippen MR) is 111 cm³/mol. The quantitative estimate of drug-likeness (QED) is 0.491. The molecule has 0 amide bonds. The molecule has 0 unspecified atom stereocenters. The second-order valence-corrected chi connectivity index (χ2v) is 7.27. The smallest absolute Gasteiger partial charge is 0.341 e. The molecule has 0 spiro atoms. The predicted octanol–water partition coefficient (Wildman–Crippen LogP) is 6.07. The summed E-state index contributed by atoms with van der Waals surface area (Å²) in [4.78, 5) is 10.6. The van der Waals surface area contributed by atoms with Gasteiger partial charge in [0.05, 0.1) is 0 Å². The highest BCUT2D eigenvalue weighted by Crippen LogP contribution is 2.38. The number of hydrogen-bond donors (Lipinski definition) is 2. The van der Waals surface area contributed by atoms with Crippen LogP contribution >= 0.6 is 34.8 Å². The zero-order valence-electron chi connectivity index (χ0n) is 14.5. The minimum atomic E-state index is -1.10. The Labute approximate surface area is 176 Å². The minimum Gasteiger partial charge on any atom is -0.507 e. The molecule has 4 nitrogen and oxygen atoms in total. The fourth-order valence-electron chi connectivity index (χ4n) is 2.76. The number of benzene rings is 3. The lowest BCUT2D eigenvalue weighted by atomic mass is 9.98. The first-order valence-corrected chi connectivity index (χ1v) is 9.38. The number of aromatic hydroxyl groups is 1. The molecule has 3 aromatic rings. The van der Waals surface area contributed by atoms with Crippen LogP contribution in [0.5, 0.6) is 11.5 Å². The fourth-order valence-corrected chi connectivity index (χ4v) is 3.58. The molecule has 0 atom stereocenters. The van der Waals surface area contributed by atoms with Crippen LogP contribution < -0.4 is 4.74 Å². The number of carbonyl (C=O) groups is 1. The summed E-state index contributed by atoms with van der Waals surface area (Å²) < 4.78 is 5.12. The molecule has 28 heavy (non-hydrogen) atoms. The minimum absolute atomic E-state index is 0.0783. The van der Waals surface area contributed by atoms with Crippen LogP contribution in [0.25, 0.3) is 11.1 Å². The third-order valence-electron chi connectivity index (χ3n) is 4.09. The van der Waals surface area contributed by atoms with Gasteiger partial charge in [-0.15, -0.1) is 0 Å². The van der Waals surface area contributed by atoms with Gasteiger partial charge in [-0.25, -0.2) is 4.79 Å². The molecule has 0 bridgehead atoms. The molecule has 0 radical (unpaired) electrons. The Bertz CT molecular complexity index is 997. The number of rotatable bonds is 6. The summed E-state index contributed by atoms with van der Waals surface area (Å²) in [5.74, 6) is -0.752. The number of phenols is 1. The van der Waals surface area contributed by atoms with Crippen molar-refractivity contribution < 1.29 is 19.7 Å². The SMILES string of the molecule is O=C(O)COc1cc(Cl)c(Cc2cc(-c3ccccc3)c(O)cc2Cl)c(Cl)c1. The average molecular weight is 438 g/mol. The van der Waals surface area contributed by atoms with E-state index in [9.17, 15) is 9.90 Å². The summed E-state index contributed by atoms with van der Waals surface area (Å²) in [6.07, 6.45) is 0.329. The highest BCUT2D eigenvalue weighted by atomic mass is 35.5. The van der Waals surface area contributed by atoms with Crippen LogP contribution in [0, 0.1) is 0 Å². The number of phenolic OH excluding ortho intramolecular Hbond substituents is 1. The Morgan fingerprint density at radius 1 is 0.929 bits per heavy atom. The van der Waals surface area contributed by atoms with Crippen molar-refractivity contribution in [1.29, 1.82) is 0 Å². The number of carboxylic acid groups (broad SMARTS) is 1. The highest BCUT2D eigenvalue weighted by Gasteiger charge is 2.15. The molecule has 0 fully saturated rings. The van der Waals surface area contributed by atoms with Gasteiger partial charge in [-0.3, -0.25) is 0 Å². The van der Waals surface area contributed by atoms with E-state index in [1.54, 1.807) is 6.07 Å². The van der Waals surface area contributed by atoms with Crippen LogP contribution in [-0.2, 0) is 11.2 Å². The van der Waals surface area contributed by atoms with Gasteiger partial charge < -0.3 is 14.9 Å². The molecular formula is C21H15Cl3O4. The van der Waals surface area contributed by atoms with Gasteiger partial charge in [-0.1, -0.05) is 65.1 Å². The van der Waals surface area contributed by atoms with Gasteiger partial charge in [0.2, 0.25) is 0 Å². The lowest BCUT2D eigenvalue weighted by molar-refractivity contribution is -0.139. The van der Waals surface area contributed by atoms with Gasteiger partial charge in [0.25, 0.3) is 0 Å². The largest absolute Gasteiger partial charge is 0.507 e. The number of aliphatic carboxylic acids is 1. The van der Waals surface area contributed by atoms with Crippen molar-refractivity contribution in [2.24, 2.45) is 0 Å². The van der Waals surface area contributed by atoms with Gasteiger partial charge in [0.15, 0.2) is 6.61 Å². The van der Waals surface area contributed by atoms with E-state index in [4.69, 9.17) is 44.6 Å². The second kappa shape index (κ2) is 8.74. The second-order valence-electron chi connectivity index (χ2n) is 6.05. The summed E-state index contributed by atoms with van der Waals surface area (Å²) in [5, 5.41) is 20.0. The summed E-state index contributed by atoms with van der Waals surface area (Å²) in [6.45, 7) is -0.490. The van der Waals surface area contributed by atoms with E-state index < -0.39 is 12.6 Å². The first kappa shape index (κ1) is 20.3. The van der Waals surface area contributed by atoms with Crippen molar-refractivity contribution >= 4 is 40.8 Å². The van der Waals surface area contributed by atoms with Crippen LogP contribution in [0.15, 0.2) is 54.6 Å². The summed E-state index contributed by atoms with van der Waals surface area (Å²) >= 11 is 19.0. The van der Waals surface area contributed by atoms with Crippen molar-refractivity contribution in [1.82, 2.24) is 0 Å². The Hall–Kier alpha value is -2.40. The lowest BCUT2D eigenvalue weighted by Crippen LogP contribution is -2.09. The summed E-state index contributed by atoms with van der Waals surface area (Å²) in [6, 6.07) is 15.8. The van der Waals surface area contributed by atoms with E-state index in [1.807, 2.05) is 30.3 Å². The van der Waals surface area contributed by atoms with Gasteiger partial charge in [0.1, 0.15) is 11.5 Å². The van der Waals surface area contributed by atoms with E-state index in [-0.39, 0.29) is 11.5 Å². The molecule has 7 heteroatoms. The molecule has 0 aliphatic carbocycles. The molecule has 144 valence electrons. The van der Waals surface area contributed by atoms with Crippen LogP contribution in [0.2, 0.25) is 15.1 Å². The molecule has 0 heterocycles. The average Bonchev–Trinajstić information content (AvgIpc) is 2.65. The Kier molecular flexibility index (Phi) is 6.35. The van der Waals surface area contributed by atoms with Crippen molar-refractivity contribution in [3.63, 3.8) is 0 Å². The van der Waals surface area contributed by atoms with Crippen molar-refractivity contribution in [3.8, 4) is 22.6 Å². The van der Waals surface area contributed by atoms with Crippen LogP contribution in [0.3, 0.4) is 0 Å². The molecular weight excluding hydrogens is 423 g/mol. The molecule has 0 saturated carbocycles. The normalized spacial score (nSPS) is 10.7. The van der Waals surface area contributed by atoms with E-state index >= 15 is 0 Å². The van der Waals surface area contributed by atoms with Crippen LogP contribution in [-0.4, -0.2) is 22.8 Å². The van der Waals surface area contributed by atoms with E-state index in [2.05, 4.69) is 0 Å². The standard InChI is InChI=1S/C21H15Cl3O4/c22-17-10-20(25)15(12-4-2-1-3-5-12)6-13(17)7-16-18(23)8-14(9-19(16)24)28-11-21(26)27/h1-6,8-10,25H,7,11H2,(H,26,27). The zero-order valence-corrected chi connectivity index (χ0v) is 16.7. The van der Waals surface area contributed by atoms with Gasteiger partial charge in [0, 0.05) is 27.1 Å². The maximum Gasteiger partial charge on any atom is 0.341 e. The first-order valence-electron chi connectivity index (χ1n) is 8.24. The van der Waals surface area contributed by atoms with E-state index in [0.29, 0.717) is 32.6 Å². The van der Waals surface area contributed by atoms with E-state index in [1.165, 1.54) is 18.2 Å². The molecule has 2 N–H and O–H groups in total.